The number of alkyl halides is 2. The number of carboxylic acids is 1. The topological polar surface area (TPSA) is 123 Å². The van der Waals surface area contributed by atoms with Crippen LogP contribution in [0.1, 0.15) is 25.6 Å². The number of halogens is 2. The number of hydrogen-bond donors (Lipinski definition) is 1. The number of aromatic nitrogens is 3. The number of nitrogens with zero attached hydrogens (tertiary/aromatic N) is 5. The van der Waals surface area contributed by atoms with Gasteiger partial charge in [0.15, 0.2) is 11.6 Å². The summed E-state index contributed by atoms with van der Waals surface area (Å²) in [6.45, 7) is 4.35. The molecule has 3 atom stereocenters. The Balaban J connectivity index is 1.28. The monoisotopic (exact) mass is 543 g/mol. The van der Waals surface area contributed by atoms with Crippen LogP contribution in [0.2, 0.25) is 0 Å². The van der Waals surface area contributed by atoms with Crippen molar-refractivity contribution in [2.75, 3.05) is 42.7 Å². The first-order chi connectivity index (χ1) is 18.8. The van der Waals surface area contributed by atoms with Gasteiger partial charge in [-0.3, -0.25) is 0 Å². The zero-order valence-corrected chi connectivity index (χ0v) is 21.1. The Bertz CT molecular complexity index is 1340. The van der Waals surface area contributed by atoms with Crippen LogP contribution in [0.4, 0.5) is 20.3 Å². The molecule has 6 heterocycles. The predicted molar refractivity (Wildman–Crippen MR) is 133 cm³/mol. The molecule has 39 heavy (non-hydrogen) atoms. The van der Waals surface area contributed by atoms with Crippen LogP contribution in [0, 0.1) is 0 Å². The van der Waals surface area contributed by atoms with Crippen molar-refractivity contribution in [3.8, 4) is 17.3 Å². The molecule has 1 N–H and O–H groups in total. The first-order valence-electron chi connectivity index (χ1n) is 12.6. The van der Waals surface area contributed by atoms with Gasteiger partial charge in [0, 0.05) is 25.2 Å². The lowest BCUT2D eigenvalue weighted by molar-refractivity contribution is -0.228. The molecular formula is C26H27F2N5O6. The van der Waals surface area contributed by atoms with Crippen LogP contribution in [-0.2, 0) is 14.3 Å². The van der Waals surface area contributed by atoms with Crippen molar-refractivity contribution in [3.63, 3.8) is 0 Å². The highest BCUT2D eigenvalue weighted by molar-refractivity contribution is 5.79. The second kappa shape index (κ2) is 10.0. The number of ether oxygens (including phenoxy) is 3. The minimum Gasteiger partial charge on any atom is -0.480 e. The van der Waals surface area contributed by atoms with Gasteiger partial charge in [0.1, 0.15) is 34.9 Å². The van der Waals surface area contributed by atoms with Crippen molar-refractivity contribution in [2.24, 2.45) is 0 Å². The third kappa shape index (κ3) is 4.65. The Kier molecular flexibility index (Phi) is 6.55. The molecule has 3 saturated heterocycles. The maximum absolute atomic E-state index is 13.7. The Morgan fingerprint density at radius 3 is 2.77 bits per heavy atom. The van der Waals surface area contributed by atoms with Crippen LogP contribution in [0.5, 0.6) is 5.88 Å². The molecule has 3 aliphatic heterocycles. The molecule has 0 aliphatic carbocycles. The molecule has 3 aromatic heterocycles. The lowest BCUT2D eigenvalue weighted by Gasteiger charge is -2.53. The van der Waals surface area contributed by atoms with Gasteiger partial charge in [-0.05, 0) is 31.2 Å². The molecule has 6 rings (SSSR count). The van der Waals surface area contributed by atoms with Crippen LogP contribution in [0.3, 0.4) is 0 Å². The molecule has 0 aromatic carbocycles. The molecule has 11 nitrogen and oxygen atoms in total. The number of carboxylic acid groups (broad SMARTS) is 1. The second-order valence-corrected chi connectivity index (χ2v) is 9.83. The molecule has 0 unspecified atom stereocenters. The third-order valence-electron chi connectivity index (χ3n) is 7.52. The lowest BCUT2D eigenvalue weighted by Crippen LogP contribution is -2.68. The molecule has 13 heteroatoms. The van der Waals surface area contributed by atoms with E-state index >= 15 is 0 Å². The van der Waals surface area contributed by atoms with Gasteiger partial charge in [-0.1, -0.05) is 0 Å². The van der Waals surface area contributed by atoms with E-state index in [1.54, 1.807) is 18.3 Å². The van der Waals surface area contributed by atoms with E-state index in [9.17, 15) is 18.7 Å². The summed E-state index contributed by atoms with van der Waals surface area (Å²) in [5.74, 6) is -1.14. The van der Waals surface area contributed by atoms with Crippen LogP contribution < -0.4 is 14.5 Å². The van der Waals surface area contributed by atoms with Crippen LogP contribution >= 0.6 is 0 Å². The Labute approximate surface area is 222 Å². The van der Waals surface area contributed by atoms with E-state index in [1.165, 1.54) is 17.2 Å². The Morgan fingerprint density at radius 2 is 2.08 bits per heavy atom. The molecule has 3 fully saturated rings. The summed E-state index contributed by atoms with van der Waals surface area (Å²) in [4.78, 5) is 28.2. The number of hydrogen-bond acceptors (Lipinski definition) is 10. The van der Waals surface area contributed by atoms with Gasteiger partial charge in [-0.25, -0.2) is 28.5 Å². The fraction of sp³-hybridized carbons (Fsp3) is 0.462. The van der Waals surface area contributed by atoms with Gasteiger partial charge in [0.25, 0.3) is 6.43 Å². The van der Waals surface area contributed by atoms with Crippen molar-refractivity contribution in [2.45, 2.75) is 43.6 Å². The van der Waals surface area contributed by atoms with E-state index < -0.39 is 30.4 Å². The van der Waals surface area contributed by atoms with Gasteiger partial charge >= 0.3 is 5.97 Å². The number of pyridine rings is 1. The van der Waals surface area contributed by atoms with Gasteiger partial charge < -0.3 is 33.5 Å². The number of anilines is 2. The number of carbonyl (C=O) groups is 1. The average Bonchev–Trinajstić information content (AvgIpc) is 3.59. The Hall–Kier alpha value is -3.84. The Morgan fingerprint density at radius 1 is 1.23 bits per heavy atom. The van der Waals surface area contributed by atoms with Crippen molar-refractivity contribution in [1.29, 1.82) is 0 Å². The van der Waals surface area contributed by atoms with E-state index in [4.69, 9.17) is 18.6 Å². The van der Waals surface area contributed by atoms with Crippen LogP contribution in [-0.4, -0.2) is 82.7 Å². The zero-order valence-electron chi connectivity index (χ0n) is 21.1. The van der Waals surface area contributed by atoms with Gasteiger partial charge in [0.05, 0.1) is 38.7 Å². The molecule has 3 aliphatic rings. The summed E-state index contributed by atoms with van der Waals surface area (Å²) in [5, 5.41) is 9.99. The van der Waals surface area contributed by atoms with Gasteiger partial charge in [-0.15, -0.1) is 0 Å². The van der Waals surface area contributed by atoms with Crippen molar-refractivity contribution < 1.29 is 37.3 Å². The van der Waals surface area contributed by atoms with E-state index in [-0.39, 0.29) is 41.9 Å². The first kappa shape index (κ1) is 25.4. The zero-order chi connectivity index (χ0) is 27.1. The molecule has 0 saturated carbocycles. The summed E-state index contributed by atoms with van der Waals surface area (Å²) in [6, 6.07) is 7.33. The fourth-order valence-electron chi connectivity index (χ4n) is 5.37. The highest BCUT2D eigenvalue weighted by Gasteiger charge is 2.50. The van der Waals surface area contributed by atoms with Crippen molar-refractivity contribution in [1.82, 2.24) is 15.0 Å². The first-order valence-corrected chi connectivity index (χ1v) is 12.6. The van der Waals surface area contributed by atoms with Gasteiger partial charge in [-0.2, -0.15) is 0 Å². The highest BCUT2D eigenvalue weighted by atomic mass is 19.3. The van der Waals surface area contributed by atoms with Crippen LogP contribution in [0.25, 0.3) is 11.5 Å². The largest absolute Gasteiger partial charge is 0.480 e. The van der Waals surface area contributed by atoms with E-state index in [0.29, 0.717) is 32.2 Å². The van der Waals surface area contributed by atoms with E-state index in [2.05, 4.69) is 26.8 Å². The molecule has 1 spiro atoms. The summed E-state index contributed by atoms with van der Waals surface area (Å²) >= 11 is 0. The SMILES string of the molecule is C[C@@H]1N(c2cccnc2O[C@H]2C[C@@H](C(=O)O)N(c3cc(-c4ccco4)nc(C(F)F)n3)C2)CCOC12COC2. The lowest BCUT2D eigenvalue weighted by atomic mass is 9.90. The number of rotatable bonds is 7. The second-order valence-electron chi connectivity index (χ2n) is 9.83. The number of aliphatic carboxylic acids is 1. The summed E-state index contributed by atoms with van der Waals surface area (Å²) in [7, 11) is 0. The third-order valence-corrected chi connectivity index (χ3v) is 7.52. The number of morpholine rings is 1. The quantitative estimate of drug-likeness (QED) is 0.473. The average molecular weight is 544 g/mol. The maximum atomic E-state index is 13.7. The maximum Gasteiger partial charge on any atom is 0.326 e. The molecule has 0 amide bonds. The summed E-state index contributed by atoms with van der Waals surface area (Å²) in [6.07, 6.45) is -0.422. The minimum atomic E-state index is -2.95. The molecule has 3 aromatic rings. The molecule has 206 valence electrons. The van der Waals surface area contributed by atoms with Crippen LogP contribution in [0.15, 0.2) is 47.2 Å². The van der Waals surface area contributed by atoms with Crippen molar-refractivity contribution >= 4 is 17.5 Å². The highest BCUT2D eigenvalue weighted by Crippen LogP contribution is 2.39. The van der Waals surface area contributed by atoms with E-state index in [0.717, 1.165) is 5.69 Å². The predicted octanol–water partition coefficient (Wildman–Crippen LogP) is 3.17. The van der Waals surface area contributed by atoms with Gasteiger partial charge in [0.2, 0.25) is 5.88 Å². The van der Waals surface area contributed by atoms with E-state index in [1.807, 2.05) is 12.1 Å². The summed E-state index contributed by atoms with van der Waals surface area (Å²) < 4.78 is 50.4. The van der Waals surface area contributed by atoms with Crippen molar-refractivity contribution in [3.05, 3.63) is 48.6 Å². The minimum absolute atomic E-state index is 0.00667. The molecular weight excluding hydrogens is 516 g/mol. The fourth-order valence-corrected chi connectivity index (χ4v) is 5.37. The smallest absolute Gasteiger partial charge is 0.326 e. The normalized spacial score (nSPS) is 24.3. The standard InChI is InChI=1S/C26H27F2N5O6/c1-15-26(13-36-14-26)38-9-7-32(15)18-4-2-6-29-24(18)39-16-10-19(25(34)35)33(12-16)21-11-17(20-5-3-8-37-20)30-23(31-21)22(27)28/h2-6,8,11,15-16,19,22H,7,9-10,12-14H2,1H3,(H,34,35)/t15-,16-,19-/m0/s1. The summed E-state index contributed by atoms with van der Waals surface area (Å²) in [5.41, 5.74) is 0.522. The molecule has 0 bridgehead atoms. The number of furan rings is 1. The molecule has 0 radical (unpaired) electrons.